The normalized spacial score (nSPS) is 30.4. The molecule has 2 unspecified atom stereocenters. The van der Waals surface area contributed by atoms with Gasteiger partial charge in [0.15, 0.2) is 0 Å². The van der Waals surface area contributed by atoms with Gasteiger partial charge in [-0.2, -0.15) is 0 Å². The molecule has 0 spiro atoms. The first-order valence-corrected chi connectivity index (χ1v) is 7.09. The van der Waals surface area contributed by atoms with E-state index < -0.39 is 0 Å². The van der Waals surface area contributed by atoms with Crippen LogP contribution >= 0.6 is 0 Å². The molecule has 18 heavy (non-hydrogen) atoms. The van der Waals surface area contributed by atoms with E-state index in [-0.39, 0.29) is 0 Å². The molecule has 2 aliphatic rings. The summed E-state index contributed by atoms with van der Waals surface area (Å²) in [6.07, 6.45) is 3.51. The van der Waals surface area contributed by atoms with Crippen molar-refractivity contribution in [2.75, 3.05) is 13.1 Å². The fourth-order valence-electron chi connectivity index (χ4n) is 3.41. The summed E-state index contributed by atoms with van der Waals surface area (Å²) in [4.78, 5) is 0. The van der Waals surface area contributed by atoms with Crippen molar-refractivity contribution < 1.29 is 4.42 Å². The number of aryl methyl sites for hydroxylation is 1. The van der Waals surface area contributed by atoms with Crippen LogP contribution in [0.3, 0.4) is 0 Å². The molecule has 1 aromatic heterocycles. The van der Waals surface area contributed by atoms with Crippen LogP contribution in [-0.2, 0) is 6.42 Å². The lowest BCUT2D eigenvalue weighted by atomic mass is 9.74. The van der Waals surface area contributed by atoms with E-state index in [0.717, 1.165) is 25.3 Å². The van der Waals surface area contributed by atoms with E-state index in [2.05, 4.69) is 37.5 Å². The Morgan fingerprint density at radius 1 is 1.44 bits per heavy atom. The molecule has 3 rings (SSSR count). The molecule has 1 saturated heterocycles. The highest BCUT2D eigenvalue weighted by Gasteiger charge is 2.35. The monoisotopic (exact) mass is 248 g/mol. The predicted octanol–water partition coefficient (Wildman–Crippen LogP) is 2.55. The van der Waals surface area contributed by atoms with Crippen LogP contribution in [0.25, 0.3) is 0 Å². The Bertz CT molecular complexity index is 430. The molecular weight excluding hydrogens is 224 g/mol. The second-order valence-corrected chi connectivity index (χ2v) is 6.69. The van der Waals surface area contributed by atoms with Gasteiger partial charge in [-0.1, -0.05) is 13.8 Å². The number of fused-ring (bicyclic) bond motifs is 1. The van der Waals surface area contributed by atoms with Crippen LogP contribution in [0.5, 0.6) is 0 Å². The maximum absolute atomic E-state index is 5.88. The molecule has 0 bridgehead atoms. The number of hydrogen-bond donors (Lipinski definition) is 2. The average Bonchev–Trinajstić information content (AvgIpc) is 2.85. The quantitative estimate of drug-likeness (QED) is 0.844. The van der Waals surface area contributed by atoms with Crippen LogP contribution in [0, 0.1) is 12.3 Å². The van der Waals surface area contributed by atoms with Crippen LogP contribution in [0.1, 0.15) is 49.8 Å². The van der Waals surface area contributed by atoms with Gasteiger partial charge < -0.3 is 15.1 Å². The van der Waals surface area contributed by atoms with Crippen LogP contribution < -0.4 is 10.6 Å². The Morgan fingerprint density at radius 3 is 3.00 bits per heavy atom. The van der Waals surface area contributed by atoms with Gasteiger partial charge in [0.1, 0.15) is 11.5 Å². The Labute approximate surface area is 109 Å². The first kappa shape index (κ1) is 12.2. The number of rotatable bonds is 2. The summed E-state index contributed by atoms with van der Waals surface area (Å²) < 4.78 is 5.88. The van der Waals surface area contributed by atoms with Crippen molar-refractivity contribution in [2.45, 2.75) is 52.1 Å². The molecule has 1 fully saturated rings. The molecule has 2 N–H and O–H groups in total. The molecule has 2 atom stereocenters. The van der Waals surface area contributed by atoms with Crippen LogP contribution in [0.15, 0.2) is 10.5 Å². The third-order valence-electron chi connectivity index (χ3n) is 4.23. The molecule has 3 heteroatoms. The summed E-state index contributed by atoms with van der Waals surface area (Å²) in [5.41, 5.74) is 1.74. The van der Waals surface area contributed by atoms with E-state index in [1.165, 1.54) is 24.2 Å². The Kier molecular flexibility index (Phi) is 2.99. The van der Waals surface area contributed by atoms with Crippen LogP contribution in [-0.4, -0.2) is 19.1 Å². The highest BCUT2D eigenvalue weighted by atomic mass is 16.3. The Morgan fingerprint density at radius 2 is 2.28 bits per heavy atom. The minimum Gasteiger partial charge on any atom is -0.466 e. The number of nitrogens with one attached hydrogen (secondary N) is 2. The Balaban J connectivity index is 1.83. The molecule has 2 heterocycles. The second-order valence-electron chi connectivity index (χ2n) is 6.69. The molecule has 1 aliphatic carbocycles. The van der Waals surface area contributed by atoms with Gasteiger partial charge in [-0.3, -0.25) is 0 Å². The summed E-state index contributed by atoms with van der Waals surface area (Å²) in [5, 5.41) is 7.25. The van der Waals surface area contributed by atoms with E-state index in [0.29, 0.717) is 17.5 Å². The van der Waals surface area contributed by atoms with E-state index in [1.807, 2.05) is 0 Å². The number of furan rings is 1. The van der Waals surface area contributed by atoms with Gasteiger partial charge in [0.25, 0.3) is 0 Å². The van der Waals surface area contributed by atoms with Crippen molar-refractivity contribution in [1.82, 2.24) is 10.6 Å². The van der Waals surface area contributed by atoms with Crippen molar-refractivity contribution in [3.63, 3.8) is 0 Å². The zero-order chi connectivity index (χ0) is 12.8. The lowest BCUT2D eigenvalue weighted by molar-refractivity contribution is 0.226. The van der Waals surface area contributed by atoms with Gasteiger partial charge >= 0.3 is 0 Å². The van der Waals surface area contributed by atoms with E-state index in [9.17, 15) is 0 Å². The second kappa shape index (κ2) is 4.39. The highest BCUT2D eigenvalue weighted by molar-refractivity contribution is 5.29. The van der Waals surface area contributed by atoms with Crippen molar-refractivity contribution in [3.8, 4) is 0 Å². The first-order valence-electron chi connectivity index (χ1n) is 7.09. The largest absolute Gasteiger partial charge is 0.466 e. The highest BCUT2D eigenvalue weighted by Crippen LogP contribution is 2.42. The SMILES string of the molecule is Cc1cc2c(o1)CC(C)(C)CC2NC1CCNC1. The van der Waals surface area contributed by atoms with Crippen molar-refractivity contribution in [3.05, 3.63) is 23.2 Å². The molecule has 0 saturated carbocycles. The minimum atomic E-state index is 0.334. The Hall–Kier alpha value is -0.800. The fourth-order valence-corrected chi connectivity index (χ4v) is 3.41. The van der Waals surface area contributed by atoms with Gasteiger partial charge in [-0.25, -0.2) is 0 Å². The van der Waals surface area contributed by atoms with Crippen molar-refractivity contribution in [2.24, 2.45) is 5.41 Å². The molecule has 1 aromatic rings. The lowest BCUT2D eigenvalue weighted by Crippen LogP contribution is -2.39. The molecular formula is C15H24N2O. The van der Waals surface area contributed by atoms with Gasteiger partial charge in [-0.05, 0) is 37.8 Å². The van der Waals surface area contributed by atoms with Crippen LogP contribution in [0.4, 0.5) is 0 Å². The molecule has 100 valence electrons. The third kappa shape index (κ3) is 2.34. The standard InChI is InChI=1S/C15H24N2O/c1-10-6-12-13(17-11-4-5-16-9-11)7-15(2,3)8-14(12)18-10/h6,11,13,16-17H,4-5,7-9H2,1-3H3. The molecule has 1 aliphatic heterocycles. The topological polar surface area (TPSA) is 37.2 Å². The zero-order valence-corrected chi connectivity index (χ0v) is 11.7. The summed E-state index contributed by atoms with van der Waals surface area (Å²) >= 11 is 0. The average molecular weight is 248 g/mol. The number of hydrogen-bond acceptors (Lipinski definition) is 3. The maximum atomic E-state index is 5.88. The predicted molar refractivity (Wildman–Crippen MR) is 72.7 cm³/mol. The summed E-state index contributed by atoms with van der Waals surface area (Å²) in [7, 11) is 0. The summed E-state index contributed by atoms with van der Waals surface area (Å²) in [6.45, 7) is 8.98. The van der Waals surface area contributed by atoms with Gasteiger partial charge in [0, 0.05) is 30.6 Å². The van der Waals surface area contributed by atoms with Crippen molar-refractivity contribution >= 4 is 0 Å². The summed E-state index contributed by atoms with van der Waals surface area (Å²) in [5.74, 6) is 2.25. The molecule has 3 nitrogen and oxygen atoms in total. The fraction of sp³-hybridized carbons (Fsp3) is 0.733. The molecule has 0 radical (unpaired) electrons. The zero-order valence-electron chi connectivity index (χ0n) is 11.7. The van der Waals surface area contributed by atoms with E-state index in [1.54, 1.807) is 0 Å². The molecule has 0 amide bonds. The van der Waals surface area contributed by atoms with E-state index >= 15 is 0 Å². The summed E-state index contributed by atoms with van der Waals surface area (Å²) in [6, 6.07) is 3.31. The lowest BCUT2D eigenvalue weighted by Gasteiger charge is -2.36. The molecule has 0 aromatic carbocycles. The smallest absolute Gasteiger partial charge is 0.109 e. The van der Waals surface area contributed by atoms with Gasteiger partial charge in [0.05, 0.1) is 0 Å². The van der Waals surface area contributed by atoms with Gasteiger partial charge in [-0.15, -0.1) is 0 Å². The van der Waals surface area contributed by atoms with E-state index in [4.69, 9.17) is 4.42 Å². The minimum absolute atomic E-state index is 0.334. The van der Waals surface area contributed by atoms with Crippen molar-refractivity contribution in [1.29, 1.82) is 0 Å². The maximum Gasteiger partial charge on any atom is 0.109 e. The van der Waals surface area contributed by atoms with Gasteiger partial charge in [0.2, 0.25) is 0 Å². The first-order chi connectivity index (χ1) is 8.53. The van der Waals surface area contributed by atoms with Crippen LogP contribution in [0.2, 0.25) is 0 Å². The third-order valence-corrected chi connectivity index (χ3v) is 4.23.